The summed E-state index contributed by atoms with van der Waals surface area (Å²) in [5, 5.41) is 1.78. The summed E-state index contributed by atoms with van der Waals surface area (Å²) in [6, 6.07) is 7.87. The van der Waals surface area contributed by atoms with Gasteiger partial charge in [0.1, 0.15) is 0 Å². The van der Waals surface area contributed by atoms with Gasteiger partial charge in [-0.05, 0) is 83.5 Å². The van der Waals surface area contributed by atoms with E-state index in [1.807, 2.05) is 25.1 Å². The van der Waals surface area contributed by atoms with Crippen LogP contribution in [0.15, 0.2) is 42.0 Å². The number of nitrogens with zero attached hydrogens (tertiary/aromatic N) is 1. The van der Waals surface area contributed by atoms with Crippen molar-refractivity contribution in [3.63, 3.8) is 0 Å². The second-order valence-electron chi connectivity index (χ2n) is 8.43. The number of pyridine rings is 1. The van der Waals surface area contributed by atoms with Crippen molar-refractivity contribution in [2.75, 3.05) is 0 Å². The quantitative estimate of drug-likeness (QED) is 0.539. The molecule has 2 aliphatic rings. The van der Waals surface area contributed by atoms with Crippen LogP contribution in [0.5, 0.6) is 0 Å². The molecular formula is C22H29BClNO2. The average Bonchev–Trinajstić information content (AvgIpc) is 2.84. The number of halogens is 1. The Bertz CT molecular complexity index is 831. The molecule has 3 nitrogen and oxygen atoms in total. The van der Waals surface area contributed by atoms with Gasteiger partial charge in [0, 0.05) is 11.6 Å². The van der Waals surface area contributed by atoms with Gasteiger partial charge >= 0.3 is 7.12 Å². The first-order valence-electron chi connectivity index (χ1n) is 9.75. The highest BCUT2D eigenvalue weighted by Gasteiger charge is 2.52. The summed E-state index contributed by atoms with van der Waals surface area (Å²) >= 11 is 5.97. The van der Waals surface area contributed by atoms with Gasteiger partial charge in [-0.25, -0.2) is 0 Å². The zero-order chi connectivity index (χ0) is 19.7. The highest BCUT2D eigenvalue weighted by atomic mass is 35.5. The van der Waals surface area contributed by atoms with E-state index in [-0.39, 0.29) is 18.3 Å². The van der Waals surface area contributed by atoms with Gasteiger partial charge in [0.25, 0.3) is 0 Å². The third-order valence-corrected chi connectivity index (χ3v) is 6.06. The molecule has 5 heteroatoms. The van der Waals surface area contributed by atoms with Crippen molar-refractivity contribution in [3.05, 3.63) is 52.6 Å². The summed E-state index contributed by atoms with van der Waals surface area (Å²) in [7, 11) is -0.102. The topological polar surface area (TPSA) is 31.4 Å². The minimum atomic E-state index is -0.198. The standard InChI is InChI=1S/C12H21BO2.C10H8ClN/c1-11(2)12(3,4)15-13(14-11)10-8-6-5-7-9-10;1-7-2-3-8-9(11)4-5-12-10(8)6-7/h8H,5-7,9H2,1-4H3;2-6H,1H3. The second kappa shape index (κ2) is 7.94. The fourth-order valence-electron chi connectivity index (χ4n) is 3.29. The number of aromatic nitrogens is 1. The van der Waals surface area contributed by atoms with Crippen LogP contribution in [-0.2, 0) is 9.31 Å². The number of allylic oxidation sites excluding steroid dienone is 2. The Morgan fingerprint density at radius 2 is 1.74 bits per heavy atom. The largest absolute Gasteiger partial charge is 0.490 e. The van der Waals surface area contributed by atoms with E-state index in [0.29, 0.717) is 0 Å². The SMILES string of the molecule is CC1(C)OB(C2=CCCCC2)OC1(C)C.Cc1ccc2c(Cl)ccnc2c1. The minimum absolute atomic E-state index is 0.102. The molecule has 27 heavy (non-hydrogen) atoms. The van der Waals surface area contributed by atoms with E-state index in [4.69, 9.17) is 20.9 Å². The van der Waals surface area contributed by atoms with Crippen LogP contribution >= 0.6 is 11.6 Å². The highest BCUT2D eigenvalue weighted by Crippen LogP contribution is 2.40. The van der Waals surface area contributed by atoms with E-state index in [9.17, 15) is 0 Å². The fraction of sp³-hybridized carbons (Fsp3) is 0.500. The Morgan fingerprint density at radius 1 is 1.04 bits per heavy atom. The Balaban J connectivity index is 0.000000159. The Hall–Kier alpha value is -1.36. The minimum Gasteiger partial charge on any atom is -0.400 e. The van der Waals surface area contributed by atoms with Crippen LogP contribution in [0.4, 0.5) is 0 Å². The van der Waals surface area contributed by atoms with Gasteiger partial charge in [-0.15, -0.1) is 0 Å². The van der Waals surface area contributed by atoms with Crippen molar-refractivity contribution in [2.24, 2.45) is 0 Å². The molecule has 0 spiro atoms. The van der Waals surface area contributed by atoms with Gasteiger partial charge in [0.2, 0.25) is 0 Å². The lowest BCUT2D eigenvalue weighted by Crippen LogP contribution is -2.41. The van der Waals surface area contributed by atoms with E-state index < -0.39 is 0 Å². The number of aryl methyl sites for hydroxylation is 1. The average molecular weight is 386 g/mol. The zero-order valence-corrected chi connectivity index (χ0v) is 17.8. The van der Waals surface area contributed by atoms with Crippen LogP contribution in [0, 0.1) is 6.92 Å². The summed E-state index contributed by atoms with van der Waals surface area (Å²) in [4.78, 5) is 4.22. The third-order valence-electron chi connectivity index (χ3n) is 5.73. The van der Waals surface area contributed by atoms with Crippen molar-refractivity contribution in [3.8, 4) is 0 Å². The van der Waals surface area contributed by atoms with Crippen LogP contribution in [0.3, 0.4) is 0 Å². The van der Waals surface area contributed by atoms with Gasteiger partial charge in [-0.3, -0.25) is 4.98 Å². The van der Waals surface area contributed by atoms with Gasteiger partial charge in [-0.2, -0.15) is 0 Å². The lowest BCUT2D eigenvalue weighted by atomic mass is 9.73. The normalized spacial score (nSPS) is 20.8. The van der Waals surface area contributed by atoms with Crippen LogP contribution < -0.4 is 0 Å². The van der Waals surface area contributed by atoms with Crippen LogP contribution in [0.2, 0.25) is 5.02 Å². The molecule has 0 saturated carbocycles. The number of hydrogen-bond donors (Lipinski definition) is 0. The van der Waals surface area contributed by atoms with E-state index in [0.717, 1.165) is 22.3 Å². The fourth-order valence-corrected chi connectivity index (χ4v) is 3.51. The molecule has 1 saturated heterocycles. The number of fused-ring (bicyclic) bond motifs is 1. The van der Waals surface area contributed by atoms with Crippen LogP contribution in [0.25, 0.3) is 10.9 Å². The lowest BCUT2D eigenvalue weighted by molar-refractivity contribution is 0.00578. The second-order valence-corrected chi connectivity index (χ2v) is 8.83. The van der Waals surface area contributed by atoms with Crippen molar-refractivity contribution >= 4 is 29.6 Å². The summed E-state index contributed by atoms with van der Waals surface area (Å²) in [6.07, 6.45) is 8.92. The first kappa shape index (κ1) is 20.4. The molecule has 0 atom stereocenters. The van der Waals surface area contributed by atoms with Crippen molar-refractivity contribution in [1.82, 2.24) is 4.98 Å². The van der Waals surface area contributed by atoms with E-state index in [2.05, 4.69) is 38.8 Å². The molecule has 0 N–H and O–H groups in total. The predicted octanol–water partition coefficient (Wildman–Crippen LogP) is 6.31. The molecule has 0 unspecified atom stereocenters. The third kappa shape index (κ3) is 4.56. The van der Waals surface area contributed by atoms with Crippen LogP contribution in [0.1, 0.15) is 58.9 Å². The van der Waals surface area contributed by atoms with Crippen LogP contribution in [-0.4, -0.2) is 23.3 Å². The van der Waals surface area contributed by atoms with E-state index in [1.165, 1.54) is 30.3 Å². The first-order chi connectivity index (χ1) is 12.7. The van der Waals surface area contributed by atoms with Gasteiger partial charge < -0.3 is 9.31 Å². The first-order valence-corrected chi connectivity index (χ1v) is 10.1. The smallest absolute Gasteiger partial charge is 0.400 e. The zero-order valence-electron chi connectivity index (χ0n) is 17.0. The van der Waals surface area contributed by atoms with E-state index in [1.54, 1.807) is 12.3 Å². The predicted molar refractivity (Wildman–Crippen MR) is 114 cm³/mol. The maximum Gasteiger partial charge on any atom is 0.490 e. The summed E-state index contributed by atoms with van der Waals surface area (Å²) in [5.74, 6) is 0. The summed E-state index contributed by atoms with van der Waals surface area (Å²) in [6.45, 7) is 10.5. The maximum absolute atomic E-state index is 6.01. The Labute approximate surface area is 168 Å². The number of benzene rings is 1. The molecular weight excluding hydrogens is 357 g/mol. The molecule has 1 fully saturated rings. The van der Waals surface area contributed by atoms with Gasteiger partial charge in [-0.1, -0.05) is 29.8 Å². The molecule has 1 aromatic heterocycles. The van der Waals surface area contributed by atoms with Gasteiger partial charge in [0.15, 0.2) is 0 Å². The molecule has 0 radical (unpaired) electrons. The Morgan fingerprint density at radius 3 is 2.37 bits per heavy atom. The molecule has 1 aliphatic heterocycles. The monoisotopic (exact) mass is 385 g/mol. The molecule has 2 aromatic rings. The molecule has 144 valence electrons. The lowest BCUT2D eigenvalue weighted by Gasteiger charge is -2.32. The van der Waals surface area contributed by atoms with Crippen molar-refractivity contribution < 1.29 is 9.31 Å². The summed E-state index contributed by atoms with van der Waals surface area (Å²) < 4.78 is 12.0. The maximum atomic E-state index is 6.01. The van der Waals surface area contributed by atoms with Crippen molar-refractivity contribution in [1.29, 1.82) is 0 Å². The molecule has 0 amide bonds. The number of hydrogen-bond acceptors (Lipinski definition) is 3. The molecule has 1 aliphatic carbocycles. The van der Waals surface area contributed by atoms with E-state index >= 15 is 0 Å². The summed E-state index contributed by atoms with van der Waals surface area (Å²) in [5.41, 5.74) is 3.12. The highest BCUT2D eigenvalue weighted by molar-refractivity contribution is 6.54. The Kier molecular flexibility index (Phi) is 6.00. The molecule has 1 aromatic carbocycles. The molecule has 0 bridgehead atoms. The molecule has 2 heterocycles. The van der Waals surface area contributed by atoms with Gasteiger partial charge in [0.05, 0.1) is 21.7 Å². The number of rotatable bonds is 1. The molecule has 4 rings (SSSR count). The van der Waals surface area contributed by atoms with Crippen molar-refractivity contribution in [2.45, 2.75) is 71.5 Å².